The van der Waals surface area contributed by atoms with Gasteiger partial charge in [-0.2, -0.15) is 0 Å². The van der Waals surface area contributed by atoms with Gasteiger partial charge in [0.1, 0.15) is 5.82 Å². The molecule has 2 aromatic rings. The van der Waals surface area contributed by atoms with Crippen molar-refractivity contribution in [2.75, 3.05) is 6.54 Å². The van der Waals surface area contributed by atoms with E-state index in [0.717, 1.165) is 11.4 Å². The van der Waals surface area contributed by atoms with Crippen molar-refractivity contribution in [2.45, 2.75) is 40.2 Å². The molecule has 1 aromatic heterocycles. The molecule has 0 aliphatic rings. The largest absolute Gasteiger partial charge is 0.332 e. The van der Waals surface area contributed by atoms with E-state index in [1.165, 1.54) is 5.56 Å². The van der Waals surface area contributed by atoms with Gasteiger partial charge >= 0.3 is 0 Å². The van der Waals surface area contributed by atoms with E-state index < -0.39 is 0 Å². The van der Waals surface area contributed by atoms with Crippen LogP contribution in [0.15, 0.2) is 24.3 Å². The van der Waals surface area contributed by atoms with Gasteiger partial charge in [-0.25, -0.2) is 4.98 Å². The monoisotopic (exact) mass is 286 g/mol. The number of hydrogen-bond donors (Lipinski definition) is 1. The van der Waals surface area contributed by atoms with E-state index in [0.29, 0.717) is 13.1 Å². The maximum absolute atomic E-state index is 12.5. The van der Waals surface area contributed by atoms with Crippen LogP contribution in [0.4, 0.5) is 0 Å². The normalized spacial score (nSPS) is 10.9. The molecule has 0 atom stereocenters. The van der Waals surface area contributed by atoms with Gasteiger partial charge in [-0.1, -0.05) is 43.7 Å². The number of benzene rings is 1. The predicted octanol–water partition coefficient (Wildman–Crippen LogP) is 2.90. The Morgan fingerprint density at radius 1 is 1.38 bits per heavy atom. The van der Waals surface area contributed by atoms with E-state index in [4.69, 9.17) is 0 Å². The van der Waals surface area contributed by atoms with E-state index in [-0.39, 0.29) is 17.6 Å². The van der Waals surface area contributed by atoms with Gasteiger partial charge in [0.05, 0.1) is 0 Å². The average Bonchev–Trinajstić information content (AvgIpc) is 2.94. The zero-order valence-electron chi connectivity index (χ0n) is 13.1. The van der Waals surface area contributed by atoms with Gasteiger partial charge in [0, 0.05) is 19.0 Å². The summed E-state index contributed by atoms with van der Waals surface area (Å²) in [4.78, 5) is 18.5. The van der Waals surface area contributed by atoms with Gasteiger partial charge in [-0.3, -0.25) is 9.89 Å². The molecule has 0 aliphatic heterocycles. The fraction of sp³-hybridized carbons (Fsp3) is 0.438. The summed E-state index contributed by atoms with van der Waals surface area (Å²) in [7, 11) is 0. The van der Waals surface area contributed by atoms with Crippen molar-refractivity contribution >= 4 is 5.91 Å². The second kappa shape index (κ2) is 6.52. The minimum atomic E-state index is -0.137. The first-order valence-corrected chi connectivity index (χ1v) is 7.28. The number of amides is 1. The summed E-state index contributed by atoms with van der Waals surface area (Å²) in [5.41, 5.74) is 2.31. The Balaban J connectivity index is 2.14. The molecule has 0 saturated heterocycles. The Morgan fingerprint density at radius 3 is 2.71 bits per heavy atom. The van der Waals surface area contributed by atoms with Crippen LogP contribution in [0.1, 0.15) is 54.3 Å². The van der Waals surface area contributed by atoms with Crippen molar-refractivity contribution in [2.24, 2.45) is 0 Å². The van der Waals surface area contributed by atoms with Gasteiger partial charge in [0.2, 0.25) is 5.82 Å². The molecular weight excluding hydrogens is 264 g/mol. The molecule has 5 heteroatoms. The average molecular weight is 286 g/mol. The van der Waals surface area contributed by atoms with Gasteiger partial charge < -0.3 is 4.90 Å². The SMILES string of the molecule is CCN(Cc1cccc(C)c1)C(=O)c1n[nH]c(C(C)C)n1. The minimum Gasteiger partial charge on any atom is -0.332 e. The summed E-state index contributed by atoms with van der Waals surface area (Å²) >= 11 is 0. The number of carbonyl (C=O) groups is 1. The maximum atomic E-state index is 12.5. The zero-order valence-corrected chi connectivity index (χ0v) is 13.1. The summed E-state index contributed by atoms with van der Waals surface area (Å²) in [6, 6.07) is 8.17. The number of H-pyrrole nitrogens is 1. The Morgan fingerprint density at radius 2 is 2.14 bits per heavy atom. The molecule has 21 heavy (non-hydrogen) atoms. The zero-order chi connectivity index (χ0) is 15.4. The molecule has 0 fully saturated rings. The number of hydrogen-bond acceptors (Lipinski definition) is 3. The Hall–Kier alpha value is -2.17. The van der Waals surface area contributed by atoms with Gasteiger partial charge in [-0.05, 0) is 19.4 Å². The smallest absolute Gasteiger partial charge is 0.293 e. The highest BCUT2D eigenvalue weighted by Crippen LogP contribution is 2.12. The third-order valence-corrected chi connectivity index (χ3v) is 3.37. The van der Waals surface area contributed by atoms with E-state index in [1.54, 1.807) is 4.90 Å². The van der Waals surface area contributed by atoms with Gasteiger partial charge in [-0.15, -0.1) is 5.10 Å². The number of nitrogens with one attached hydrogen (secondary N) is 1. The lowest BCUT2D eigenvalue weighted by molar-refractivity contribution is 0.0740. The highest BCUT2D eigenvalue weighted by Gasteiger charge is 2.20. The van der Waals surface area contributed by atoms with Crippen LogP contribution in [0.2, 0.25) is 0 Å². The standard InChI is InChI=1S/C16H22N4O/c1-5-20(10-13-8-6-7-12(4)9-13)16(21)15-17-14(11(2)3)18-19-15/h6-9,11H,5,10H2,1-4H3,(H,17,18,19). The molecule has 1 aromatic carbocycles. The number of aryl methyl sites for hydroxylation is 1. The molecule has 0 bridgehead atoms. The van der Waals surface area contributed by atoms with Crippen molar-refractivity contribution in [3.05, 3.63) is 47.0 Å². The number of nitrogens with zero attached hydrogens (tertiary/aromatic N) is 3. The first-order chi connectivity index (χ1) is 10.0. The number of aromatic nitrogens is 3. The predicted molar refractivity (Wildman–Crippen MR) is 82.1 cm³/mol. The third kappa shape index (κ3) is 3.68. The van der Waals surface area contributed by atoms with Gasteiger partial charge in [0.15, 0.2) is 0 Å². The maximum Gasteiger partial charge on any atom is 0.293 e. The molecule has 0 aliphatic carbocycles. The Bertz CT molecular complexity index is 618. The van der Waals surface area contributed by atoms with Crippen molar-refractivity contribution in [1.29, 1.82) is 0 Å². The number of aromatic amines is 1. The van der Waals surface area contributed by atoms with E-state index in [1.807, 2.05) is 45.9 Å². The van der Waals surface area contributed by atoms with Crippen molar-refractivity contribution in [3.8, 4) is 0 Å². The molecular formula is C16H22N4O. The van der Waals surface area contributed by atoms with Crippen LogP contribution in [0.25, 0.3) is 0 Å². The minimum absolute atomic E-state index is 0.137. The molecule has 0 saturated carbocycles. The number of rotatable bonds is 5. The lowest BCUT2D eigenvalue weighted by atomic mass is 10.1. The van der Waals surface area contributed by atoms with Crippen molar-refractivity contribution in [1.82, 2.24) is 20.1 Å². The highest BCUT2D eigenvalue weighted by molar-refractivity contribution is 5.90. The third-order valence-electron chi connectivity index (χ3n) is 3.37. The fourth-order valence-electron chi connectivity index (χ4n) is 2.13. The van der Waals surface area contributed by atoms with Crippen LogP contribution in [0.3, 0.4) is 0 Å². The Kier molecular flexibility index (Phi) is 4.73. The summed E-state index contributed by atoms with van der Waals surface area (Å²) in [5.74, 6) is 1.08. The first kappa shape index (κ1) is 15.2. The molecule has 1 heterocycles. The first-order valence-electron chi connectivity index (χ1n) is 7.28. The molecule has 1 amide bonds. The highest BCUT2D eigenvalue weighted by atomic mass is 16.2. The summed E-state index contributed by atoms with van der Waals surface area (Å²) in [6.07, 6.45) is 0. The van der Waals surface area contributed by atoms with Crippen LogP contribution in [0, 0.1) is 6.92 Å². The quantitative estimate of drug-likeness (QED) is 0.919. The van der Waals surface area contributed by atoms with Crippen LogP contribution >= 0.6 is 0 Å². The molecule has 2 rings (SSSR count). The summed E-state index contributed by atoms with van der Waals surface area (Å²) in [5, 5.41) is 6.87. The van der Waals surface area contributed by atoms with Gasteiger partial charge in [0.25, 0.3) is 5.91 Å². The van der Waals surface area contributed by atoms with Crippen LogP contribution in [-0.4, -0.2) is 32.5 Å². The Labute approximate surface area is 125 Å². The lowest BCUT2D eigenvalue weighted by Gasteiger charge is -2.19. The van der Waals surface area contributed by atoms with Crippen molar-refractivity contribution in [3.63, 3.8) is 0 Å². The van der Waals surface area contributed by atoms with Crippen LogP contribution in [0.5, 0.6) is 0 Å². The molecule has 112 valence electrons. The van der Waals surface area contributed by atoms with Crippen LogP contribution < -0.4 is 0 Å². The molecule has 1 N–H and O–H groups in total. The van der Waals surface area contributed by atoms with E-state index >= 15 is 0 Å². The van der Waals surface area contributed by atoms with E-state index in [9.17, 15) is 4.79 Å². The summed E-state index contributed by atoms with van der Waals surface area (Å²) < 4.78 is 0. The lowest BCUT2D eigenvalue weighted by Crippen LogP contribution is -2.31. The summed E-state index contributed by atoms with van der Waals surface area (Å²) in [6.45, 7) is 9.23. The molecule has 0 unspecified atom stereocenters. The van der Waals surface area contributed by atoms with E-state index in [2.05, 4.69) is 21.2 Å². The number of carbonyl (C=O) groups excluding carboxylic acids is 1. The topological polar surface area (TPSA) is 61.9 Å². The molecule has 5 nitrogen and oxygen atoms in total. The van der Waals surface area contributed by atoms with Crippen LogP contribution in [-0.2, 0) is 6.54 Å². The second-order valence-electron chi connectivity index (χ2n) is 5.51. The molecule has 0 spiro atoms. The second-order valence-corrected chi connectivity index (χ2v) is 5.51. The van der Waals surface area contributed by atoms with Crippen molar-refractivity contribution < 1.29 is 4.79 Å². The molecule has 0 radical (unpaired) electrons. The fourth-order valence-corrected chi connectivity index (χ4v) is 2.13.